The second-order valence-corrected chi connectivity index (χ2v) is 10.4. The number of benzene rings is 2. The lowest BCUT2D eigenvalue weighted by atomic mass is 9.96. The predicted molar refractivity (Wildman–Crippen MR) is 138 cm³/mol. The van der Waals surface area contributed by atoms with E-state index in [0.29, 0.717) is 0 Å². The average Bonchev–Trinajstić information content (AvgIpc) is 2.94. The SMILES string of the molecule is C1CCCOCC1.CCN(Sc1ccc(N)cc1)c1ccc2c(c1)nc(C(C)(C)C)n2C. The van der Waals surface area contributed by atoms with E-state index in [1.165, 1.54) is 36.1 Å². The number of nitrogens with two attached hydrogens (primary N) is 1. The molecule has 4 rings (SSSR count). The van der Waals surface area contributed by atoms with Gasteiger partial charge in [-0.05, 0) is 74.2 Å². The van der Waals surface area contributed by atoms with E-state index in [1.807, 2.05) is 12.1 Å². The highest BCUT2D eigenvalue weighted by molar-refractivity contribution is 8.00. The van der Waals surface area contributed by atoms with Gasteiger partial charge in [-0.1, -0.05) is 33.6 Å². The predicted octanol–water partition coefficient (Wildman–Crippen LogP) is 6.56. The highest BCUT2D eigenvalue weighted by Gasteiger charge is 2.21. The summed E-state index contributed by atoms with van der Waals surface area (Å²) in [6.45, 7) is 11.7. The quantitative estimate of drug-likeness (QED) is 0.357. The van der Waals surface area contributed by atoms with Crippen molar-refractivity contribution in [2.45, 2.75) is 63.7 Å². The second-order valence-electron chi connectivity index (χ2n) is 9.30. The molecule has 0 saturated carbocycles. The molecule has 0 unspecified atom stereocenters. The lowest BCUT2D eigenvalue weighted by Gasteiger charge is -2.21. The molecule has 0 radical (unpaired) electrons. The first-order valence-corrected chi connectivity index (χ1v) is 12.4. The molecular formula is C26H38N4OS. The summed E-state index contributed by atoms with van der Waals surface area (Å²) in [4.78, 5) is 6.06. The Bertz CT molecular complexity index is 972. The molecule has 32 heavy (non-hydrogen) atoms. The number of anilines is 2. The summed E-state index contributed by atoms with van der Waals surface area (Å²) in [5.74, 6) is 1.11. The van der Waals surface area contributed by atoms with Crippen LogP contribution in [0.4, 0.5) is 11.4 Å². The van der Waals surface area contributed by atoms with Crippen LogP contribution in [-0.4, -0.2) is 29.3 Å². The van der Waals surface area contributed by atoms with Crippen molar-refractivity contribution in [2.24, 2.45) is 7.05 Å². The largest absolute Gasteiger partial charge is 0.399 e. The maximum absolute atomic E-state index is 5.78. The number of nitrogens with zero attached hydrogens (tertiary/aromatic N) is 3. The molecule has 2 aromatic carbocycles. The summed E-state index contributed by atoms with van der Waals surface area (Å²) < 4.78 is 9.67. The minimum Gasteiger partial charge on any atom is -0.399 e. The lowest BCUT2D eigenvalue weighted by Crippen LogP contribution is -2.17. The van der Waals surface area contributed by atoms with E-state index >= 15 is 0 Å². The Morgan fingerprint density at radius 3 is 2.28 bits per heavy atom. The van der Waals surface area contributed by atoms with Gasteiger partial charge in [-0.15, -0.1) is 0 Å². The van der Waals surface area contributed by atoms with E-state index in [4.69, 9.17) is 15.5 Å². The van der Waals surface area contributed by atoms with Gasteiger partial charge in [-0.25, -0.2) is 4.98 Å². The number of imidazole rings is 1. The smallest absolute Gasteiger partial charge is 0.115 e. The highest BCUT2D eigenvalue weighted by Crippen LogP contribution is 2.32. The molecule has 0 atom stereocenters. The topological polar surface area (TPSA) is 56.3 Å². The summed E-state index contributed by atoms with van der Waals surface area (Å²) in [6, 6.07) is 14.5. The zero-order chi connectivity index (χ0) is 23.1. The molecule has 0 aliphatic carbocycles. The van der Waals surface area contributed by atoms with E-state index in [2.05, 4.69) is 73.9 Å². The molecule has 1 aliphatic heterocycles. The molecule has 6 heteroatoms. The fourth-order valence-electron chi connectivity index (χ4n) is 3.83. The van der Waals surface area contributed by atoms with Crippen LogP contribution < -0.4 is 10.0 Å². The van der Waals surface area contributed by atoms with Crippen molar-refractivity contribution >= 4 is 34.4 Å². The van der Waals surface area contributed by atoms with Crippen molar-refractivity contribution in [2.75, 3.05) is 29.8 Å². The van der Waals surface area contributed by atoms with E-state index in [1.54, 1.807) is 11.9 Å². The number of aryl methyl sites for hydroxylation is 1. The van der Waals surface area contributed by atoms with Crippen LogP contribution >= 0.6 is 11.9 Å². The fourth-order valence-corrected chi connectivity index (χ4v) is 4.69. The van der Waals surface area contributed by atoms with E-state index in [0.717, 1.165) is 42.5 Å². The van der Waals surface area contributed by atoms with E-state index in [-0.39, 0.29) is 5.41 Å². The molecule has 5 nitrogen and oxygen atoms in total. The molecular weight excluding hydrogens is 416 g/mol. The van der Waals surface area contributed by atoms with Crippen LogP contribution in [0.1, 0.15) is 59.2 Å². The average molecular weight is 455 g/mol. The highest BCUT2D eigenvalue weighted by atomic mass is 32.2. The standard InChI is InChI=1S/C20H26N4S.C6H12O/c1-6-24(25-16-10-7-14(21)8-11-16)15-9-12-18-17(13-15)22-19(23(18)5)20(2,3)4;1-2-4-6-7-5-3-1/h7-13H,6,21H2,1-5H3;1-6H2. The van der Waals surface area contributed by atoms with Crippen molar-refractivity contribution < 1.29 is 4.74 Å². The van der Waals surface area contributed by atoms with Crippen molar-refractivity contribution in [1.82, 2.24) is 9.55 Å². The van der Waals surface area contributed by atoms with E-state index in [9.17, 15) is 0 Å². The van der Waals surface area contributed by atoms with Crippen LogP contribution in [-0.2, 0) is 17.2 Å². The van der Waals surface area contributed by atoms with Crippen molar-refractivity contribution in [3.63, 3.8) is 0 Å². The van der Waals surface area contributed by atoms with Crippen LogP contribution in [0.3, 0.4) is 0 Å². The van der Waals surface area contributed by atoms with Gasteiger partial charge in [0.2, 0.25) is 0 Å². The number of nitrogen functional groups attached to an aromatic ring is 1. The normalized spacial score (nSPS) is 14.5. The van der Waals surface area contributed by atoms with Gasteiger partial charge in [-0.3, -0.25) is 0 Å². The Hall–Kier alpha value is -2.18. The number of ether oxygens (including phenoxy) is 1. The Morgan fingerprint density at radius 1 is 1.03 bits per heavy atom. The third-order valence-electron chi connectivity index (χ3n) is 5.53. The summed E-state index contributed by atoms with van der Waals surface area (Å²) >= 11 is 1.72. The van der Waals surface area contributed by atoms with Crippen LogP contribution in [0, 0.1) is 0 Å². The molecule has 174 valence electrons. The molecule has 1 aromatic heterocycles. The number of fused-ring (bicyclic) bond motifs is 1. The van der Waals surface area contributed by atoms with Crippen LogP contribution in [0.25, 0.3) is 11.0 Å². The summed E-state index contributed by atoms with van der Waals surface area (Å²) in [5, 5.41) is 0. The molecule has 3 aromatic rings. The molecule has 0 bridgehead atoms. The Labute approximate surface area is 197 Å². The van der Waals surface area contributed by atoms with Gasteiger partial charge in [0.25, 0.3) is 0 Å². The van der Waals surface area contributed by atoms with Gasteiger partial charge in [-0.2, -0.15) is 0 Å². The van der Waals surface area contributed by atoms with Gasteiger partial charge in [0.1, 0.15) is 5.82 Å². The van der Waals surface area contributed by atoms with Crippen LogP contribution in [0.15, 0.2) is 47.4 Å². The summed E-state index contributed by atoms with van der Waals surface area (Å²) in [6.07, 6.45) is 5.31. The third kappa shape index (κ3) is 6.42. The van der Waals surface area contributed by atoms with E-state index < -0.39 is 0 Å². The number of rotatable bonds is 4. The van der Waals surface area contributed by atoms with Gasteiger partial charge in [0.05, 0.1) is 11.0 Å². The van der Waals surface area contributed by atoms with Gasteiger partial charge in [0.15, 0.2) is 0 Å². The molecule has 1 aliphatic rings. The lowest BCUT2D eigenvalue weighted by molar-refractivity contribution is 0.144. The molecule has 1 fully saturated rings. The van der Waals surface area contributed by atoms with Crippen molar-refractivity contribution in [3.05, 3.63) is 48.3 Å². The zero-order valence-corrected chi connectivity index (χ0v) is 21.0. The summed E-state index contributed by atoms with van der Waals surface area (Å²) in [7, 11) is 2.09. The minimum atomic E-state index is 0.0249. The molecule has 0 spiro atoms. The molecule has 0 amide bonds. The first-order chi connectivity index (χ1) is 15.3. The Morgan fingerprint density at radius 2 is 1.69 bits per heavy atom. The monoisotopic (exact) mass is 454 g/mol. The second kappa shape index (κ2) is 11.1. The fraction of sp³-hybridized carbons (Fsp3) is 0.500. The minimum absolute atomic E-state index is 0.0249. The number of hydrogen-bond donors (Lipinski definition) is 1. The maximum atomic E-state index is 5.78. The first-order valence-electron chi connectivity index (χ1n) is 11.7. The first kappa shape index (κ1) is 24.5. The molecule has 1 saturated heterocycles. The summed E-state index contributed by atoms with van der Waals surface area (Å²) in [5.41, 5.74) is 9.97. The number of hydrogen-bond acceptors (Lipinski definition) is 5. The molecule has 2 N–H and O–H groups in total. The van der Waals surface area contributed by atoms with Crippen molar-refractivity contribution in [1.29, 1.82) is 0 Å². The van der Waals surface area contributed by atoms with Crippen molar-refractivity contribution in [3.8, 4) is 0 Å². The Balaban J connectivity index is 0.000000352. The van der Waals surface area contributed by atoms with Crippen LogP contribution in [0.5, 0.6) is 0 Å². The van der Waals surface area contributed by atoms with Gasteiger partial charge < -0.3 is 19.3 Å². The number of aromatic nitrogens is 2. The maximum Gasteiger partial charge on any atom is 0.115 e. The molecule has 2 heterocycles. The zero-order valence-electron chi connectivity index (χ0n) is 20.2. The van der Waals surface area contributed by atoms with Crippen LogP contribution in [0.2, 0.25) is 0 Å². The van der Waals surface area contributed by atoms with Gasteiger partial charge in [0, 0.05) is 48.5 Å². The third-order valence-corrected chi connectivity index (χ3v) is 6.71. The Kier molecular flexibility index (Phi) is 8.49. The van der Waals surface area contributed by atoms with Gasteiger partial charge >= 0.3 is 0 Å².